The Morgan fingerprint density at radius 1 is 1.17 bits per heavy atom. The summed E-state index contributed by atoms with van der Waals surface area (Å²) in [6.07, 6.45) is 7.20. The highest BCUT2D eigenvalue weighted by Crippen LogP contribution is 2.13. The molecule has 0 aromatic heterocycles. The summed E-state index contributed by atoms with van der Waals surface area (Å²) < 4.78 is 4.96. The first-order valence-electron chi connectivity index (χ1n) is 4.94. The predicted octanol–water partition coefficient (Wildman–Crippen LogP) is 3.60. The molecular weight excluding hydrogens is 172 g/mol. The number of alkyl halides is 1. The smallest absolute Gasteiger partial charge is 0.0462 e. The van der Waals surface area contributed by atoms with Gasteiger partial charge in [0.2, 0.25) is 0 Å². The highest BCUT2D eigenvalue weighted by molar-refractivity contribution is 6.20. The van der Waals surface area contributed by atoms with Gasteiger partial charge in [-0.05, 0) is 19.3 Å². The van der Waals surface area contributed by atoms with Crippen molar-refractivity contribution >= 4 is 11.6 Å². The second-order valence-electron chi connectivity index (χ2n) is 3.23. The maximum absolute atomic E-state index is 6.06. The quantitative estimate of drug-likeness (QED) is 0.422. The van der Waals surface area contributed by atoms with Crippen LogP contribution in [0.4, 0.5) is 0 Å². The Labute approximate surface area is 81.4 Å². The fourth-order valence-corrected chi connectivity index (χ4v) is 1.62. The SMILES string of the molecule is CCCC(Cl)CCCCCOC. The molecule has 0 saturated heterocycles. The molecule has 74 valence electrons. The van der Waals surface area contributed by atoms with Gasteiger partial charge in [0.05, 0.1) is 0 Å². The molecule has 0 aliphatic heterocycles. The fraction of sp³-hybridized carbons (Fsp3) is 1.00. The minimum absolute atomic E-state index is 0.401. The first-order valence-corrected chi connectivity index (χ1v) is 5.38. The minimum Gasteiger partial charge on any atom is -0.385 e. The van der Waals surface area contributed by atoms with E-state index in [1.54, 1.807) is 7.11 Å². The maximum Gasteiger partial charge on any atom is 0.0462 e. The van der Waals surface area contributed by atoms with Crippen molar-refractivity contribution < 1.29 is 4.74 Å². The fourth-order valence-electron chi connectivity index (χ4n) is 1.25. The molecule has 1 unspecified atom stereocenters. The molecule has 12 heavy (non-hydrogen) atoms. The summed E-state index contributed by atoms with van der Waals surface area (Å²) in [4.78, 5) is 0. The number of halogens is 1. The van der Waals surface area contributed by atoms with E-state index in [4.69, 9.17) is 16.3 Å². The van der Waals surface area contributed by atoms with Crippen molar-refractivity contribution in [3.8, 4) is 0 Å². The van der Waals surface area contributed by atoms with Crippen LogP contribution < -0.4 is 0 Å². The molecule has 0 spiro atoms. The van der Waals surface area contributed by atoms with Crippen LogP contribution in [0.25, 0.3) is 0 Å². The normalized spacial score (nSPS) is 13.2. The van der Waals surface area contributed by atoms with Crippen molar-refractivity contribution in [3.05, 3.63) is 0 Å². The standard InChI is InChI=1S/C10H21ClO/c1-3-7-10(11)8-5-4-6-9-12-2/h10H,3-9H2,1-2H3. The van der Waals surface area contributed by atoms with Crippen LogP contribution in [0.2, 0.25) is 0 Å². The molecule has 0 fully saturated rings. The largest absolute Gasteiger partial charge is 0.385 e. The maximum atomic E-state index is 6.06. The lowest BCUT2D eigenvalue weighted by atomic mass is 10.1. The monoisotopic (exact) mass is 192 g/mol. The Kier molecular flexibility index (Phi) is 9.53. The van der Waals surface area contributed by atoms with Gasteiger partial charge in [-0.3, -0.25) is 0 Å². The van der Waals surface area contributed by atoms with Crippen molar-refractivity contribution in [1.29, 1.82) is 0 Å². The van der Waals surface area contributed by atoms with Gasteiger partial charge in [0.1, 0.15) is 0 Å². The Morgan fingerprint density at radius 2 is 1.92 bits per heavy atom. The van der Waals surface area contributed by atoms with Crippen molar-refractivity contribution in [2.75, 3.05) is 13.7 Å². The summed E-state index contributed by atoms with van der Waals surface area (Å²) in [7, 11) is 1.75. The van der Waals surface area contributed by atoms with E-state index in [2.05, 4.69) is 6.92 Å². The first-order chi connectivity index (χ1) is 5.81. The predicted molar refractivity (Wildman–Crippen MR) is 54.9 cm³/mol. The van der Waals surface area contributed by atoms with Crippen LogP contribution in [0.15, 0.2) is 0 Å². The summed E-state index contributed by atoms with van der Waals surface area (Å²) in [5, 5.41) is 0.401. The van der Waals surface area contributed by atoms with E-state index >= 15 is 0 Å². The number of ether oxygens (including phenoxy) is 1. The lowest BCUT2D eigenvalue weighted by molar-refractivity contribution is 0.192. The molecule has 1 nitrogen and oxygen atoms in total. The van der Waals surface area contributed by atoms with E-state index < -0.39 is 0 Å². The Balaban J connectivity index is 2.97. The topological polar surface area (TPSA) is 9.23 Å². The van der Waals surface area contributed by atoms with E-state index in [0.717, 1.165) is 13.0 Å². The lowest BCUT2D eigenvalue weighted by Gasteiger charge is -2.06. The van der Waals surface area contributed by atoms with Crippen LogP contribution >= 0.6 is 11.6 Å². The van der Waals surface area contributed by atoms with Gasteiger partial charge in [-0.25, -0.2) is 0 Å². The van der Waals surface area contributed by atoms with Gasteiger partial charge in [0.25, 0.3) is 0 Å². The van der Waals surface area contributed by atoms with E-state index in [9.17, 15) is 0 Å². The minimum atomic E-state index is 0.401. The van der Waals surface area contributed by atoms with Gasteiger partial charge in [0, 0.05) is 19.1 Å². The van der Waals surface area contributed by atoms with Crippen LogP contribution in [0.1, 0.15) is 45.4 Å². The first kappa shape index (κ1) is 12.2. The molecule has 2 heteroatoms. The third-order valence-electron chi connectivity index (χ3n) is 1.97. The number of hydrogen-bond acceptors (Lipinski definition) is 1. The molecule has 0 aliphatic carbocycles. The van der Waals surface area contributed by atoms with Gasteiger partial charge in [-0.2, -0.15) is 0 Å². The number of unbranched alkanes of at least 4 members (excludes halogenated alkanes) is 2. The molecular formula is C10H21ClO. The molecule has 0 aromatic rings. The van der Waals surface area contributed by atoms with E-state index in [-0.39, 0.29) is 0 Å². The Morgan fingerprint density at radius 3 is 2.50 bits per heavy atom. The number of hydrogen-bond donors (Lipinski definition) is 0. The third-order valence-corrected chi connectivity index (χ3v) is 2.40. The lowest BCUT2D eigenvalue weighted by Crippen LogP contribution is -1.97. The van der Waals surface area contributed by atoms with Crippen LogP contribution in [0, 0.1) is 0 Å². The van der Waals surface area contributed by atoms with Gasteiger partial charge < -0.3 is 4.74 Å². The summed E-state index contributed by atoms with van der Waals surface area (Å²) >= 11 is 6.06. The molecule has 0 heterocycles. The van der Waals surface area contributed by atoms with E-state index in [1.165, 1.54) is 32.1 Å². The second kappa shape index (κ2) is 9.34. The van der Waals surface area contributed by atoms with Crippen LogP contribution in [0.3, 0.4) is 0 Å². The molecule has 0 radical (unpaired) electrons. The van der Waals surface area contributed by atoms with Crippen LogP contribution in [-0.2, 0) is 4.74 Å². The molecule has 1 atom stereocenters. The molecule has 0 saturated carbocycles. The summed E-state index contributed by atoms with van der Waals surface area (Å²) in [6.45, 7) is 3.07. The third kappa shape index (κ3) is 8.35. The van der Waals surface area contributed by atoms with Crippen LogP contribution in [-0.4, -0.2) is 19.1 Å². The molecule has 0 amide bonds. The molecule has 0 aromatic carbocycles. The van der Waals surface area contributed by atoms with Crippen molar-refractivity contribution in [2.24, 2.45) is 0 Å². The molecule has 0 rings (SSSR count). The average molecular weight is 193 g/mol. The highest BCUT2D eigenvalue weighted by atomic mass is 35.5. The zero-order valence-corrected chi connectivity index (χ0v) is 9.07. The Bertz CT molecular complexity index is 85.9. The van der Waals surface area contributed by atoms with Gasteiger partial charge in [-0.1, -0.05) is 26.2 Å². The molecule has 0 N–H and O–H groups in total. The highest BCUT2D eigenvalue weighted by Gasteiger charge is 2.01. The van der Waals surface area contributed by atoms with Gasteiger partial charge >= 0.3 is 0 Å². The summed E-state index contributed by atoms with van der Waals surface area (Å²) in [5.74, 6) is 0. The summed E-state index contributed by atoms with van der Waals surface area (Å²) in [6, 6.07) is 0. The average Bonchev–Trinajstić information content (AvgIpc) is 2.05. The van der Waals surface area contributed by atoms with Crippen molar-refractivity contribution in [3.63, 3.8) is 0 Å². The zero-order chi connectivity index (χ0) is 9.23. The van der Waals surface area contributed by atoms with Gasteiger partial charge in [-0.15, -0.1) is 11.6 Å². The van der Waals surface area contributed by atoms with Gasteiger partial charge in [0.15, 0.2) is 0 Å². The van der Waals surface area contributed by atoms with E-state index in [0.29, 0.717) is 5.38 Å². The number of methoxy groups -OCH3 is 1. The van der Waals surface area contributed by atoms with Crippen LogP contribution in [0.5, 0.6) is 0 Å². The van der Waals surface area contributed by atoms with E-state index in [1.807, 2.05) is 0 Å². The van der Waals surface area contributed by atoms with Crippen molar-refractivity contribution in [1.82, 2.24) is 0 Å². The number of rotatable bonds is 8. The molecule has 0 bridgehead atoms. The second-order valence-corrected chi connectivity index (χ2v) is 3.85. The van der Waals surface area contributed by atoms with Crippen molar-refractivity contribution in [2.45, 2.75) is 50.8 Å². The Hall–Kier alpha value is 0.250. The zero-order valence-electron chi connectivity index (χ0n) is 8.31. The molecule has 0 aliphatic rings. The summed E-state index contributed by atoms with van der Waals surface area (Å²) in [5.41, 5.74) is 0.